The minimum atomic E-state index is -0.493. The molecule has 0 aliphatic carbocycles. The van der Waals surface area contributed by atoms with Crippen LogP contribution in [0.3, 0.4) is 0 Å². The van der Waals surface area contributed by atoms with E-state index < -0.39 is 5.97 Å². The van der Waals surface area contributed by atoms with Crippen LogP contribution in [0.15, 0.2) is 0 Å². The third-order valence-corrected chi connectivity index (χ3v) is 1.69. The molecule has 0 bridgehead atoms. The van der Waals surface area contributed by atoms with Gasteiger partial charge in [0.15, 0.2) is 0 Å². The quantitative estimate of drug-likeness (QED) is 0.401. The third kappa shape index (κ3) is 7.93. The molecule has 5 heteroatoms. The molecule has 0 heterocycles. The highest BCUT2D eigenvalue weighted by Crippen LogP contribution is 2.01. The second-order valence-corrected chi connectivity index (χ2v) is 3.91. The summed E-state index contributed by atoms with van der Waals surface area (Å²) in [4.78, 5) is 21.3. The Labute approximate surface area is 85.7 Å². The molecule has 13 heavy (non-hydrogen) atoms. The summed E-state index contributed by atoms with van der Waals surface area (Å²) >= 11 is 3.25. The number of halogens is 1. The molecular weight excluding hydrogens is 240 g/mol. The van der Waals surface area contributed by atoms with Crippen molar-refractivity contribution in [3.63, 3.8) is 0 Å². The van der Waals surface area contributed by atoms with Crippen LogP contribution in [0.25, 0.3) is 0 Å². The Bertz CT molecular complexity index is 181. The molecular formula is C8H13BrO4. The van der Waals surface area contributed by atoms with E-state index in [1.165, 1.54) is 6.92 Å². The van der Waals surface area contributed by atoms with Crippen LogP contribution in [-0.2, 0) is 19.1 Å². The van der Waals surface area contributed by atoms with E-state index in [1.54, 1.807) is 7.11 Å². The molecule has 1 atom stereocenters. The van der Waals surface area contributed by atoms with Crippen molar-refractivity contribution in [2.24, 2.45) is 0 Å². The maximum atomic E-state index is 10.9. The third-order valence-electron chi connectivity index (χ3n) is 1.17. The smallest absolute Gasteiger partial charge is 0.313 e. The Kier molecular flexibility index (Phi) is 6.80. The van der Waals surface area contributed by atoms with Crippen LogP contribution in [0.2, 0.25) is 0 Å². The fourth-order valence-corrected chi connectivity index (χ4v) is 1.06. The van der Waals surface area contributed by atoms with E-state index in [0.717, 1.165) is 0 Å². The number of ether oxygens (including phenoxy) is 2. The maximum absolute atomic E-state index is 10.9. The van der Waals surface area contributed by atoms with Gasteiger partial charge in [-0.05, 0) is 6.92 Å². The average molecular weight is 253 g/mol. The number of ketones is 1. The fourth-order valence-electron chi connectivity index (χ4n) is 0.667. The van der Waals surface area contributed by atoms with Crippen molar-refractivity contribution in [2.75, 3.05) is 20.3 Å². The van der Waals surface area contributed by atoms with Crippen molar-refractivity contribution in [1.82, 2.24) is 0 Å². The van der Waals surface area contributed by atoms with Gasteiger partial charge in [-0.15, -0.1) is 0 Å². The molecule has 0 saturated carbocycles. The van der Waals surface area contributed by atoms with Crippen LogP contribution in [0.4, 0.5) is 0 Å². The minimum absolute atomic E-state index is 0.0200. The summed E-state index contributed by atoms with van der Waals surface area (Å²) in [5.74, 6) is -0.684. The molecule has 0 amide bonds. The van der Waals surface area contributed by atoms with Crippen molar-refractivity contribution in [2.45, 2.75) is 18.2 Å². The zero-order valence-corrected chi connectivity index (χ0v) is 9.30. The summed E-state index contributed by atoms with van der Waals surface area (Å²) in [6.07, 6.45) is -0.160. The molecule has 0 radical (unpaired) electrons. The Morgan fingerprint density at radius 3 is 2.46 bits per heavy atom. The Hall–Kier alpha value is -0.420. The summed E-state index contributed by atoms with van der Waals surface area (Å²) in [6, 6.07) is 0. The van der Waals surface area contributed by atoms with Crippen LogP contribution in [-0.4, -0.2) is 36.9 Å². The van der Waals surface area contributed by atoms with Crippen LogP contribution in [0.5, 0.6) is 0 Å². The lowest BCUT2D eigenvalue weighted by atomic mass is 10.3. The molecule has 76 valence electrons. The van der Waals surface area contributed by atoms with E-state index in [2.05, 4.69) is 15.9 Å². The van der Waals surface area contributed by atoms with Gasteiger partial charge in [0.05, 0.1) is 11.4 Å². The number of hydrogen-bond donors (Lipinski definition) is 0. The molecule has 0 aliphatic rings. The summed E-state index contributed by atoms with van der Waals surface area (Å²) in [6.45, 7) is 2.04. The Morgan fingerprint density at radius 2 is 2.00 bits per heavy atom. The van der Waals surface area contributed by atoms with Gasteiger partial charge in [0, 0.05) is 7.11 Å². The molecule has 1 unspecified atom stereocenters. The summed E-state index contributed by atoms with van der Waals surface area (Å²) in [5, 5.41) is 0. The SMILES string of the molecule is COCC(Br)COC(=O)CC(C)=O. The van der Waals surface area contributed by atoms with Crippen LogP contribution in [0.1, 0.15) is 13.3 Å². The van der Waals surface area contributed by atoms with Crippen molar-refractivity contribution in [3.8, 4) is 0 Å². The molecule has 0 aliphatic heterocycles. The lowest BCUT2D eigenvalue weighted by molar-refractivity contribution is -0.145. The first-order chi connectivity index (χ1) is 6.06. The van der Waals surface area contributed by atoms with Crippen molar-refractivity contribution in [1.29, 1.82) is 0 Å². The lowest BCUT2D eigenvalue weighted by Gasteiger charge is -2.08. The highest BCUT2D eigenvalue weighted by atomic mass is 79.9. The van der Waals surface area contributed by atoms with Gasteiger partial charge >= 0.3 is 5.97 Å². The second kappa shape index (κ2) is 7.03. The lowest BCUT2D eigenvalue weighted by Crippen LogP contribution is -2.18. The van der Waals surface area contributed by atoms with Gasteiger partial charge in [-0.2, -0.15) is 0 Å². The summed E-state index contributed by atoms with van der Waals surface area (Å²) in [5.41, 5.74) is 0. The molecule has 4 nitrogen and oxygen atoms in total. The number of alkyl halides is 1. The van der Waals surface area contributed by atoms with Gasteiger partial charge in [0.25, 0.3) is 0 Å². The van der Waals surface area contributed by atoms with Gasteiger partial charge in [-0.3, -0.25) is 9.59 Å². The molecule has 0 spiro atoms. The van der Waals surface area contributed by atoms with E-state index in [0.29, 0.717) is 6.61 Å². The summed E-state index contributed by atoms with van der Waals surface area (Å²) < 4.78 is 9.59. The molecule has 0 aromatic heterocycles. The molecule has 0 N–H and O–H groups in total. The van der Waals surface area contributed by atoms with E-state index in [4.69, 9.17) is 9.47 Å². The van der Waals surface area contributed by atoms with Crippen molar-refractivity contribution >= 4 is 27.7 Å². The average Bonchev–Trinajstić information content (AvgIpc) is 2.00. The molecule has 0 aromatic carbocycles. The number of rotatable bonds is 6. The zero-order valence-electron chi connectivity index (χ0n) is 7.71. The van der Waals surface area contributed by atoms with E-state index in [1.807, 2.05) is 0 Å². The van der Waals surface area contributed by atoms with Gasteiger partial charge in [-0.25, -0.2) is 0 Å². The minimum Gasteiger partial charge on any atom is -0.464 e. The van der Waals surface area contributed by atoms with Crippen molar-refractivity contribution in [3.05, 3.63) is 0 Å². The monoisotopic (exact) mass is 252 g/mol. The van der Waals surface area contributed by atoms with E-state index in [-0.39, 0.29) is 23.6 Å². The number of methoxy groups -OCH3 is 1. The number of hydrogen-bond acceptors (Lipinski definition) is 4. The Morgan fingerprint density at radius 1 is 1.38 bits per heavy atom. The highest BCUT2D eigenvalue weighted by Gasteiger charge is 2.09. The molecule has 0 fully saturated rings. The zero-order chi connectivity index (χ0) is 10.3. The normalized spacial score (nSPS) is 12.2. The number of Topliss-reactive ketones (excluding diaryl/α,β-unsaturated/α-hetero) is 1. The molecule has 0 saturated heterocycles. The van der Waals surface area contributed by atoms with Gasteiger partial charge in [0.1, 0.15) is 18.8 Å². The predicted octanol–water partition coefficient (Wildman–Crippen LogP) is 0.919. The standard InChI is InChI=1S/C8H13BrO4/c1-6(10)3-8(11)13-5-7(9)4-12-2/h7H,3-5H2,1-2H3. The highest BCUT2D eigenvalue weighted by molar-refractivity contribution is 9.09. The van der Waals surface area contributed by atoms with E-state index >= 15 is 0 Å². The first-order valence-electron chi connectivity index (χ1n) is 3.84. The maximum Gasteiger partial charge on any atom is 0.313 e. The largest absolute Gasteiger partial charge is 0.464 e. The van der Waals surface area contributed by atoms with Crippen LogP contribution < -0.4 is 0 Å². The first-order valence-corrected chi connectivity index (χ1v) is 4.76. The van der Waals surface area contributed by atoms with E-state index in [9.17, 15) is 9.59 Å². The molecule has 0 aromatic rings. The summed E-state index contributed by atoms with van der Waals surface area (Å²) in [7, 11) is 1.56. The fraction of sp³-hybridized carbons (Fsp3) is 0.750. The topological polar surface area (TPSA) is 52.6 Å². The second-order valence-electron chi connectivity index (χ2n) is 2.61. The number of carbonyl (C=O) groups is 2. The van der Waals surface area contributed by atoms with Crippen LogP contribution >= 0.6 is 15.9 Å². The first kappa shape index (κ1) is 12.6. The predicted molar refractivity (Wildman–Crippen MR) is 50.8 cm³/mol. The van der Waals surface area contributed by atoms with Crippen LogP contribution in [0, 0.1) is 0 Å². The number of esters is 1. The van der Waals surface area contributed by atoms with Gasteiger partial charge in [-0.1, -0.05) is 15.9 Å². The van der Waals surface area contributed by atoms with Gasteiger partial charge in [0.2, 0.25) is 0 Å². The van der Waals surface area contributed by atoms with Gasteiger partial charge < -0.3 is 9.47 Å². The number of carbonyl (C=O) groups excluding carboxylic acids is 2. The van der Waals surface area contributed by atoms with Crippen molar-refractivity contribution < 1.29 is 19.1 Å². The Balaban J connectivity index is 3.51. The molecule has 0 rings (SSSR count).